The molecule has 6 unspecified atom stereocenters. The summed E-state index contributed by atoms with van der Waals surface area (Å²) in [5.41, 5.74) is 6.64. The van der Waals surface area contributed by atoms with Crippen LogP contribution in [0.4, 0.5) is 0 Å². The number of nitrogens with one attached hydrogen (secondary N) is 3. The van der Waals surface area contributed by atoms with Gasteiger partial charge in [0.05, 0.1) is 12.5 Å². The lowest BCUT2D eigenvalue weighted by molar-refractivity contribution is -0.143. The lowest BCUT2D eigenvalue weighted by Crippen LogP contribution is -2.59. The smallest absolute Gasteiger partial charge is 0.326 e. The van der Waals surface area contributed by atoms with Crippen molar-refractivity contribution in [2.75, 3.05) is 0 Å². The number of hydrogen-bond acceptors (Lipinski definition) is 6. The van der Waals surface area contributed by atoms with Crippen LogP contribution in [-0.2, 0) is 30.4 Å². The number of carboxylic acid groups (broad SMARTS) is 2. The summed E-state index contributed by atoms with van der Waals surface area (Å²) >= 11 is 0. The van der Waals surface area contributed by atoms with Crippen molar-refractivity contribution in [1.82, 2.24) is 16.0 Å². The van der Waals surface area contributed by atoms with E-state index in [4.69, 9.17) is 5.73 Å². The third-order valence-corrected chi connectivity index (χ3v) is 6.26. The van der Waals surface area contributed by atoms with Crippen LogP contribution in [0.1, 0.15) is 52.5 Å². The highest BCUT2D eigenvalue weighted by molar-refractivity contribution is 5.95. The van der Waals surface area contributed by atoms with Crippen LogP contribution in [0, 0.1) is 11.8 Å². The van der Waals surface area contributed by atoms with Gasteiger partial charge in [0, 0.05) is 6.42 Å². The zero-order valence-corrected chi connectivity index (χ0v) is 21.2. The van der Waals surface area contributed by atoms with Crippen molar-refractivity contribution in [2.24, 2.45) is 17.6 Å². The monoisotopic (exact) mass is 506 g/mol. The first-order valence-corrected chi connectivity index (χ1v) is 12.1. The molecule has 0 saturated heterocycles. The Morgan fingerprint density at radius 3 is 1.86 bits per heavy atom. The van der Waals surface area contributed by atoms with Crippen molar-refractivity contribution < 1.29 is 34.2 Å². The van der Waals surface area contributed by atoms with Gasteiger partial charge in [0.15, 0.2) is 0 Å². The average molecular weight is 507 g/mol. The Morgan fingerprint density at radius 2 is 1.36 bits per heavy atom. The van der Waals surface area contributed by atoms with Crippen LogP contribution in [0.15, 0.2) is 30.3 Å². The maximum atomic E-state index is 13.1. The molecule has 11 nitrogen and oxygen atoms in total. The molecule has 36 heavy (non-hydrogen) atoms. The highest BCUT2D eigenvalue weighted by Crippen LogP contribution is 2.12. The fourth-order valence-electron chi connectivity index (χ4n) is 3.43. The van der Waals surface area contributed by atoms with Gasteiger partial charge in [-0.3, -0.25) is 19.2 Å². The fourth-order valence-corrected chi connectivity index (χ4v) is 3.43. The summed E-state index contributed by atoms with van der Waals surface area (Å²) in [7, 11) is 0. The van der Waals surface area contributed by atoms with Crippen molar-refractivity contribution in [2.45, 2.75) is 77.5 Å². The number of carbonyl (C=O) groups excluding carboxylic acids is 3. The molecule has 0 spiro atoms. The highest BCUT2D eigenvalue weighted by Gasteiger charge is 2.34. The van der Waals surface area contributed by atoms with Crippen LogP contribution in [0.3, 0.4) is 0 Å². The van der Waals surface area contributed by atoms with Crippen LogP contribution in [0.25, 0.3) is 0 Å². The Morgan fingerprint density at radius 1 is 0.806 bits per heavy atom. The number of benzene rings is 1. The Hall–Kier alpha value is -3.47. The molecule has 0 radical (unpaired) electrons. The summed E-state index contributed by atoms with van der Waals surface area (Å²) in [6, 6.07) is 3.79. The minimum atomic E-state index is -1.56. The third kappa shape index (κ3) is 9.65. The zero-order valence-electron chi connectivity index (χ0n) is 21.2. The van der Waals surface area contributed by atoms with E-state index < -0.39 is 60.2 Å². The van der Waals surface area contributed by atoms with Crippen LogP contribution in [0.5, 0.6) is 0 Å². The van der Waals surface area contributed by atoms with Crippen LogP contribution < -0.4 is 21.7 Å². The van der Waals surface area contributed by atoms with Crippen molar-refractivity contribution in [3.8, 4) is 0 Å². The molecule has 200 valence electrons. The zero-order chi connectivity index (χ0) is 27.4. The van der Waals surface area contributed by atoms with Gasteiger partial charge in [-0.2, -0.15) is 0 Å². The molecule has 6 atom stereocenters. The van der Waals surface area contributed by atoms with E-state index in [9.17, 15) is 34.2 Å². The molecule has 1 aromatic carbocycles. The molecule has 1 aromatic rings. The molecule has 0 aliphatic heterocycles. The minimum absolute atomic E-state index is 0.0330. The van der Waals surface area contributed by atoms with Crippen LogP contribution in [-0.4, -0.2) is 64.0 Å². The van der Waals surface area contributed by atoms with E-state index in [0.29, 0.717) is 18.4 Å². The van der Waals surface area contributed by atoms with E-state index in [1.807, 2.05) is 20.8 Å². The van der Waals surface area contributed by atoms with Crippen LogP contribution in [0.2, 0.25) is 0 Å². The van der Waals surface area contributed by atoms with Gasteiger partial charge >= 0.3 is 11.9 Å². The molecule has 0 heterocycles. The molecule has 1 rings (SSSR count). The van der Waals surface area contributed by atoms with E-state index in [-0.39, 0.29) is 18.3 Å². The van der Waals surface area contributed by atoms with E-state index in [1.54, 1.807) is 37.3 Å². The second-order valence-electron chi connectivity index (χ2n) is 9.03. The Labute approximate surface area is 211 Å². The van der Waals surface area contributed by atoms with Gasteiger partial charge in [-0.05, 0) is 17.4 Å². The molecule has 0 saturated carbocycles. The van der Waals surface area contributed by atoms with Gasteiger partial charge in [-0.1, -0.05) is 70.9 Å². The second kappa shape index (κ2) is 14.8. The number of aliphatic carboxylic acids is 2. The molecule has 3 amide bonds. The molecule has 0 fully saturated rings. The first-order valence-electron chi connectivity index (χ1n) is 12.1. The maximum absolute atomic E-state index is 13.1. The number of carboxylic acids is 2. The summed E-state index contributed by atoms with van der Waals surface area (Å²) < 4.78 is 0. The first kappa shape index (κ1) is 30.6. The fraction of sp³-hybridized carbons (Fsp3) is 0.560. The van der Waals surface area contributed by atoms with Crippen molar-refractivity contribution in [3.63, 3.8) is 0 Å². The molecule has 7 N–H and O–H groups in total. The molecule has 0 bridgehead atoms. The van der Waals surface area contributed by atoms with E-state index in [0.717, 1.165) is 0 Å². The van der Waals surface area contributed by atoms with Crippen molar-refractivity contribution in [1.29, 1.82) is 0 Å². The number of nitrogens with two attached hydrogens (primary N) is 1. The third-order valence-electron chi connectivity index (χ3n) is 6.26. The summed E-state index contributed by atoms with van der Waals surface area (Å²) in [5.74, 6) is -5.40. The highest BCUT2D eigenvalue weighted by atomic mass is 16.4. The largest absolute Gasteiger partial charge is 0.481 e. The Kier molecular flexibility index (Phi) is 12.6. The van der Waals surface area contributed by atoms with E-state index in [1.165, 1.54) is 0 Å². The average Bonchev–Trinajstić information content (AvgIpc) is 2.84. The van der Waals surface area contributed by atoms with Gasteiger partial charge < -0.3 is 31.9 Å². The van der Waals surface area contributed by atoms with Gasteiger partial charge in [0.2, 0.25) is 17.7 Å². The first-order chi connectivity index (χ1) is 16.9. The number of hydrogen-bond donors (Lipinski definition) is 6. The summed E-state index contributed by atoms with van der Waals surface area (Å²) in [5, 5.41) is 26.2. The molecular weight excluding hydrogens is 468 g/mol. The van der Waals surface area contributed by atoms with Gasteiger partial charge in [-0.15, -0.1) is 0 Å². The maximum Gasteiger partial charge on any atom is 0.326 e. The lowest BCUT2D eigenvalue weighted by atomic mass is 9.95. The van der Waals surface area contributed by atoms with Crippen molar-refractivity contribution >= 4 is 29.7 Å². The quantitative estimate of drug-likeness (QED) is 0.200. The van der Waals surface area contributed by atoms with Gasteiger partial charge in [0.1, 0.15) is 18.1 Å². The van der Waals surface area contributed by atoms with E-state index >= 15 is 0 Å². The van der Waals surface area contributed by atoms with Gasteiger partial charge in [-0.25, -0.2) is 4.79 Å². The second-order valence-corrected chi connectivity index (χ2v) is 9.03. The van der Waals surface area contributed by atoms with Gasteiger partial charge in [0.25, 0.3) is 0 Å². The minimum Gasteiger partial charge on any atom is -0.481 e. The van der Waals surface area contributed by atoms with Crippen LogP contribution >= 0.6 is 0 Å². The van der Waals surface area contributed by atoms with E-state index in [2.05, 4.69) is 16.0 Å². The summed E-state index contributed by atoms with van der Waals surface area (Å²) in [4.78, 5) is 61.7. The Balaban J connectivity index is 3.05. The molecule has 0 aliphatic carbocycles. The summed E-state index contributed by atoms with van der Waals surface area (Å²) in [6.07, 6.45) is 0.353. The molecular formula is C25H38N4O7. The standard InChI is InChI=1S/C25H38N4O7/c1-5-14(3)20(26)23(33)29-21(15(4)6-2)24(34)27-17(13-19(30)31)22(32)28-18(25(35)36)12-16-10-8-7-9-11-16/h7-11,14-15,17-18,20-21H,5-6,12-13,26H2,1-4H3,(H,27,34)(H,28,32)(H,29,33)(H,30,31)(H,35,36). The van der Waals surface area contributed by atoms with Crippen molar-refractivity contribution in [3.05, 3.63) is 35.9 Å². The number of rotatable bonds is 15. The molecule has 11 heteroatoms. The summed E-state index contributed by atoms with van der Waals surface area (Å²) in [6.45, 7) is 7.23. The normalized spacial score (nSPS) is 15.9. The molecule has 0 aromatic heterocycles. The lowest BCUT2D eigenvalue weighted by Gasteiger charge is -2.28. The predicted octanol–water partition coefficient (Wildman–Crippen LogP) is 0.662. The topological polar surface area (TPSA) is 188 Å². The number of carbonyl (C=O) groups is 5. The number of amides is 3. The SMILES string of the molecule is CCC(C)C(N)C(=O)NC(C(=O)NC(CC(=O)O)C(=O)NC(Cc1ccccc1)C(=O)O)C(C)CC. The Bertz CT molecular complexity index is 909. The molecule has 0 aliphatic rings. The predicted molar refractivity (Wildman–Crippen MR) is 133 cm³/mol.